The first-order chi connectivity index (χ1) is 13.0. The Balaban J connectivity index is 2.26. The zero-order valence-electron chi connectivity index (χ0n) is 15.4. The number of rotatable bonds is 8. The van der Waals surface area contributed by atoms with Crippen LogP contribution in [0.5, 0.6) is 17.2 Å². The third-order valence-electron chi connectivity index (χ3n) is 3.59. The molecule has 0 aromatic heterocycles. The lowest BCUT2D eigenvalue weighted by molar-refractivity contribution is -0.119. The largest absolute Gasteiger partial charge is 0.493 e. The minimum Gasteiger partial charge on any atom is -0.493 e. The van der Waals surface area contributed by atoms with E-state index in [2.05, 4.69) is 5.32 Å². The average molecular weight is 370 g/mol. The summed E-state index contributed by atoms with van der Waals surface area (Å²) in [6.45, 7) is 1.63. The number of nitrogens with two attached hydrogens (primary N) is 1. The van der Waals surface area contributed by atoms with E-state index in [4.69, 9.17) is 19.9 Å². The van der Waals surface area contributed by atoms with Crippen molar-refractivity contribution in [3.63, 3.8) is 0 Å². The number of allylic oxidation sites excluding steroid dienone is 1. The van der Waals surface area contributed by atoms with E-state index in [0.29, 0.717) is 28.5 Å². The zero-order chi connectivity index (χ0) is 19.8. The van der Waals surface area contributed by atoms with Gasteiger partial charge in [-0.3, -0.25) is 9.59 Å². The van der Waals surface area contributed by atoms with Crippen molar-refractivity contribution in [2.75, 3.05) is 26.1 Å². The third kappa shape index (κ3) is 5.24. The molecule has 0 aliphatic heterocycles. The van der Waals surface area contributed by atoms with E-state index in [9.17, 15) is 9.59 Å². The SMILES string of the molecule is C/C=C/c1cc(C(=O)Nc2cccc(OCC(N)=O)c2)cc(OC)c1OC. The Morgan fingerprint density at radius 1 is 1.15 bits per heavy atom. The van der Waals surface area contributed by atoms with Crippen molar-refractivity contribution in [2.45, 2.75) is 6.92 Å². The summed E-state index contributed by atoms with van der Waals surface area (Å²) in [6.07, 6.45) is 3.68. The number of hydrogen-bond acceptors (Lipinski definition) is 5. The molecule has 0 atom stereocenters. The number of primary amides is 1. The van der Waals surface area contributed by atoms with Gasteiger partial charge in [-0.15, -0.1) is 0 Å². The van der Waals surface area contributed by atoms with Crippen molar-refractivity contribution in [3.05, 3.63) is 53.6 Å². The summed E-state index contributed by atoms with van der Waals surface area (Å²) < 4.78 is 15.9. The van der Waals surface area contributed by atoms with Crippen LogP contribution >= 0.6 is 0 Å². The number of ether oxygens (including phenoxy) is 3. The minimum atomic E-state index is -0.578. The summed E-state index contributed by atoms with van der Waals surface area (Å²) in [4.78, 5) is 23.5. The van der Waals surface area contributed by atoms with E-state index in [-0.39, 0.29) is 12.5 Å². The molecule has 2 rings (SSSR count). The molecule has 0 fully saturated rings. The molecule has 0 bridgehead atoms. The number of methoxy groups -OCH3 is 2. The van der Waals surface area contributed by atoms with E-state index in [1.54, 1.807) is 43.5 Å². The lowest BCUT2D eigenvalue weighted by atomic mass is 10.1. The van der Waals surface area contributed by atoms with E-state index < -0.39 is 5.91 Å². The Bertz CT molecular complexity index is 861. The lowest BCUT2D eigenvalue weighted by Crippen LogP contribution is -2.20. The Hall–Kier alpha value is -3.48. The van der Waals surface area contributed by atoms with Crippen LogP contribution in [0.2, 0.25) is 0 Å². The summed E-state index contributed by atoms with van der Waals surface area (Å²) in [6, 6.07) is 10.0. The monoisotopic (exact) mass is 370 g/mol. The van der Waals surface area contributed by atoms with Gasteiger partial charge in [0.05, 0.1) is 14.2 Å². The molecule has 0 aliphatic rings. The van der Waals surface area contributed by atoms with Gasteiger partial charge in [-0.2, -0.15) is 0 Å². The highest BCUT2D eigenvalue weighted by Gasteiger charge is 2.15. The van der Waals surface area contributed by atoms with E-state index in [1.165, 1.54) is 7.11 Å². The first-order valence-electron chi connectivity index (χ1n) is 8.19. The van der Waals surface area contributed by atoms with Crippen molar-refractivity contribution in [2.24, 2.45) is 5.73 Å². The second-order valence-electron chi connectivity index (χ2n) is 5.54. The van der Waals surface area contributed by atoms with Gasteiger partial charge in [0.2, 0.25) is 0 Å². The first kappa shape index (κ1) is 19.8. The van der Waals surface area contributed by atoms with Crippen LogP contribution in [0.15, 0.2) is 42.5 Å². The van der Waals surface area contributed by atoms with Gasteiger partial charge in [-0.25, -0.2) is 0 Å². The molecular weight excluding hydrogens is 348 g/mol. The van der Waals surface area contributed by atoms with Crippen LogP contribution in [-0.2, 0) is 4.79 Å². The predicted octanol–water partition coefficient (Wildman–Crippen LogP) is 2.85. The third-order valence-corrected chi connectivity index (χ3v) is 3.59. The molecular formula is C20H22N2O5. The fourth-order valence-corrected chi connectivity index (χ4v) is 2.45. The van der Waals surface area contributed by atoms with Crippen LogP contribution in [0.1, 0.15) is 22.8 Å². The number of benzene rings is 2. The normalized spacial score (nSPS) is 10.5. The number of hydrogen-bond donors (Lipinski definition) is 2. The van der Waals surface area contributed by atoms with E-state index >= 15 is 0 Å². The van der Waals surface area contributed by atoms with Gasteiger partial charge >= 0.3 is 0 Å². The Morgan fingerprint density at radius 3 is 2.56 bits per heavy atom. The van der Waals surface area contributed by atoms with Gasteiger partial charge in [-0.05, 0) is 31.2 Å². The van der Waals surface area contributed by atoms with Gasteiger partial charge in [0.25, 0.3) is 11.8 Å². The molecule has 142 valence electrons. The molecule has 2 aromatic rings. The highest BCUT2D eigenvalue weighted by Crippen LogP contribution is 2.34. The molecule has 3 N–H and O–H groups in total. The smallest absolute Gasteiger partial charge is 0.255 e. The van der Waals surface area contributed by atoms with Gasteiger partial charge in [0.1, 0.15) is 5.75 Å². The molecule has 7 heteroatoms. The summed E-state index contributed by atoms with van der Waals surface area (Å²) >= 11 is 0. The second kappa shape index (κ2) is 9.28. The maximum absolute atomic E-state index is 12.7. The molecule has 7 nitrogen and oxygen atoms in total. The Morgan fingerprint density at radius 2 is 1.93 bits per heavy atom. The number of amides is 2. The molecule has 0 saturated carbocycles. The Labute approximate surface area is 157 Å². The molecule has 0 unspecified atom stereocenters. The summed E-state index contributed by atoms with van der Waals surface area (Å²) in [7, 11) is 3.06. The average Bonchev–Trinajstić information content (AvgIpc) is 2.66. The quantitative estimate of drug-likeness (QED) is 0.744. The van der Waals surface area contributed by atoms with Crippen LogP contribution < -0.4 is 25.3 Å². The summed E-state index contributed by atoms with van der Waals surface area (Å²) in [5, 5.41) is 2.79. The number of carbonyl (C=O) groups is 2. The van der Waals surface area contributed by atoms with Crippen LogP contribution in [0.3, 0.4) is 0 Å². The van der Waals surface area contributed by atoms with Crippen molar-refractivity contribution in [1.29, 1.82) is 0 Å². The minimum absolute atomic E-state index is 0.236. The molecule has 0 aliphatic carbocycles. The standard InChI is InChI=1S/C20H22N2O5/c1-4-6-13-9-14(10-17(25-2)19(13)26-3)20(24)22-15-7-5-8-16(11-15)27-12-18(21)23/h4-11H,12H2,1-3H3,(H2,21,23)(H,22,24)/b6-4+. The number of nitrogens with one attached hydrogen (secondary N) is 1. The lowest BCUT2D eigenvalue weighted by Gasteiger charge is -2.14. The van der Waals surface area contributed by atoms with E-state index in [1.807, 2.05) is 19.1 Å². The molecule has 0 saturated heterocycles. The second-order valence-corrected chi connectivity index (χ2v) is 5.54. The molecule has 0 heterocycles. The van der Waals surface area contributed by atoms with Crippen LogP contribution in [-0.4, -0.2) is 32.6 Å². The predicted molar refractivity (Wildman–Crippen MR) is 103 cm³/mol. The van der Waals surface area contributed by atoms with Crippen molar-refractivity contribution >= 4 is 23.6 Å². The van der Waals surface area contributed by atoms with Crippen molar-refractivity contribution in [1.82, 2.24) is 0 Å². The van der Waals surface area contributed by atoms with Gasteiger partial charge in [-0.1, -0.05) is 18.2 Å². The number of anilines is 1. The van der Waals surface area contributed by atoms with Crippen LogP contribution in [0.4, 0.5) is 5.69 Å². The zero-order valence-corrected chi connectivity index (χ0v) is 15.4. The maximum atomic E-state index is 12.7. The van der Waals surface area contributed by atoms with E-state index in [0.717, 1.165) is 5.56 Å². The molecule has 0 radical (unpaired) electrons. The number of carbonyl (C=O) groups excluding carboxylic acids is 2. The topological polar surface area (TPSA) is 99.9 Å². The van der Waals surface area contributed by atoms with Crippen LogP contribution in [0, 0.1) is 0 Å². The fraction of sp³-hybridized carbons (Fsp3) is 0.200. The molecule has 27 heavy (non-hydrogen) atoms. The highest BCUT2D eigenvalue weighted by atomic mass is 16.5. The highest BCUT2D eigenvalue weighted by molar-refractivity contribution is 6.05. The maximum Gasteiger partial charge on any atom is 0.255 e. The Kier molecular flexibility index (Phi) is 6.82. The summed E-state index contributed by atoms with van der Waals surface area (Å²) in [5.74, 6) is 0.527. The van der Waals surface area contributed by atoms with Gasteiger partial charge in [0, 0.05) is 22.9 Å². The molecule has 2 aromatic carbocycles. The van der Waals surface area contributed by atoms with Crippen LogP contribution in [0.25, 0.3) is 6.08 Å². The molecule has 0 spiro atoms. The van der Waals surface area contributed by atoms with Crippen molar-refractivity contribution in [3.8, 4) is 17.2 Å². The van der Waals surface area contributed by atoms with Gasteiger partial charge in [0.15, 0.2) is 18.1 Å². The molecule has 2 amide bonds. The first-order valence-corrected chi connectivity index (χ1v) is 8.19. The van der Waals surface area contributed by atoms with Crippen molar-refractivity contribution < 1.29 is 23.8 Å². The fourth-order valence-electron chi connectivity index (χ4n) is 2.45. The summed E-state index contributed by atoms with van der Waals surface area (Å²) in [5.41, 5.74) is 6.71. The van der Waals surface area contributed by atoms with Gasteiger partial charge < -0.3 is 25.3 Å².